The Balaban J connectivity index is 2.81. The molecule has 0 aliphatic rings. The van der Waals surface area contributed by atoms with Crippen molar-refractivity contribution in [2.75, 3.05) is 11.0 Å². The summed E-state index contributed by atoms with van der Waals surface area (Å²) in [6, 6.07) is 3.55. The lowest BCUT2D eigenvalue weighted by molar-refractivity contribution is -0.138. The number of hydrogen-bond donors (Lipinski definition) is 0. The Bertz CT molecular complexity index is 1050. The number of carbonyl (C=O) groups is 1. The van der Waals surface area contributed by atoms with Crippen LogP contribution in [0.4, 0.5) is 17.6 Å². The Morgan fingerprint density at radius 3 is 2.22 bits per heavy atom. The summed E-state index contributed by atoms with van der Waals surface area (Å²) in [6.07, 6.45) is -2.73. The van der Waals surface area contributed by atoms with Crippen molar-refractivity contribution >= 4 is 63.3 Å². The highest BCUT2D eigenvalue weighted by atomic mass is 35.5. The van der Waals surface area contributed by atoms with Crippen LogP contribution in [-0.2, 0) is 32.3 Å². The number of halogens is 8. The van der Waals surface area contributed by atoms with Crippen LogP contribution in [-0.4, -0.2) is 30.5 Å². The minimum Gasteiger partial charge on any atom is -0.348 e. The molecule has 2 rings (SSSR count). The van der Waals surface area contributed by atoms with E-state index in [9.17, 15) is 31.8 Å². The van der Waals surface area contributed by atoms with E-state index < -0.39 is 53.8 Å². The second-order valence-electron chi connectivity index (χ2n) is 5.74. The van der Waals surface area contributed by atoms with Crippen molar-refractivity contribution in [3.63, 3.8) is 0 Å². The lowest BCUT2D eigenvalue weighted by atomic mass is 9.92. The topological polar surface area (TPSA) is 88.2 Å². The van der Waals surface area contributed by atoms with Gasteiger partial charge in [-0.05, 0) is 48.3 Å². The molecular weight excluding hydrogens is 546 g/mol. The molecule has 0 fully saturated rings. The van der Waals surface area contributed by atoms with Crippen molar-refractivity contribution in [3.05, 3.63) is 51.8 Å². The van der Waals surface area contributed by atoms with E-state index in [-0.39, 0.29) is 11.0 Å². The Hall–Kier alpha value is -1.62. The lowest BCUT2D eigenvalue weighted by Crippen LogP contribution is -2.56. The number of carbonyl (C=O) groups excluding carboxylic acids is 1. The first-order valence-corrected chi connectivity index (χ1v) is 10.8. The smallest absolute Gasteiger partial charge is 0.348 e. The molecule has 0 saturated heterocycles. The van der Waals surface area contributed by atoms with Crippen molar-refractivity contribution in [1.29, 1.82) is 5.26 Å². The second kappa shape index (κ2) is 9.70. The quantitative estimate of drug-likeness (QED) is 0.360. The fraction of sp³-hybridized carbons (Fsp3) is 0.312. The van der Waals surface area contributed by atoms with Crippen LogP contribution in [0.5, 0.6) is 0 Å². The third kappa shape index (κ3) is 5.13. The fourth-order valence-electron chi connectivity index (χ4n) is 2.51. The van der Waals surface area contributed by atoms with Gasteiger partial charge in [-0.25, -0.2) is 4.21 Å². The first-order valence-electron chi connectivity index (χ1n) is 8.15. The molecule has 0 N–H and O–H groups in total. The first-order chi connectivity index (χ1) is 14.7. The SMILES string of the molecule is CCOC(C#N)(C(=O)N(n1cccn1)S(=O)C(F)(Cl)Cl)c1c(Cl)cc(C(F)(F)F)cc1Cl. The molecule has 2 aromatic rings. The van der Waals surface area contributed by atoms with E-state index in [0.717, 1.165) is 12.4 Å². The maximum atomic E-state index is 14.1. The van der Waals surface area contributed by atoms with Crippen molar-refractivity contribution < 1.29 is 31.3 Å². The van der Waals surface area contributed by atoms with E-state index in [4.69, 9.17) is 51.1 Å². The zero-order valence-electron chi connectivity index (χ0n) is 15.5. The number of benzene rings is 1. The highest BCUT2D eigenvalue weighted by Gasteiger charge is 2.53. The van der Waals surface area contributed by atoms with E-state index in [1.54, 1.807) is 0 Å². The van der Waals surface area contributed by atoms with Gasteiger partial charge in [-0.15, -0.1) is 4.41 Å². The zero-order chi connectivity index (χ0) is 24.5. The molecule has 174 valence electrons. The summed E-state index contributed by atoms with van der Waals surface area (Å²) < 4.78 is 67.8. The van der Waals surface area contributed by atoms with Crippen LogP contribution in [0.1, 0.15) is 18.1 Å². The number of ether oxygens (including phenoxy) is 1. The largest absolute Gasteiger partial charge is 0.416 e. The Morgan fingerprint density at radius 1 is 1.28 bits per heavy atom. The van der Waals surface area contributed by atoms with Gasteiger partial charge in [0.1, 0.15) is 6.07 Å². The average molecular weight is 556 g/mol. The molecule has 0 bridgehead atoms. The summed E-state index contributed by atoms with van der Waals surface area (Å²) in [5, 5.41) is 12.0. The number of nitrogens with zero attached hydrogens (tertiary/aromatic N) is 4. The molecule has 0 radical (unpaired) electrons. The van der Waals surface area contributed by atoms with Gasteiger partial charge in [-0.2, -0.15) is 32.7 Å². The number of aromatic nitrogens is 2. The fourth-order valence-corrected chi connectivity index (χ4v) is 4.38. The summed E-state index contributed by atoms with van der Waals surface area (Å²) in [7, 11) is -3.24. The molecule has 0 spiro atoms. The summed E-state index contributed by atoms with van der Waals surface area (Å²) in [4.78, 5) is 14.0. The molecule has 2 atom stereocenters. The zero-order valence-corrected chi connectivity index (χ0v) is 19.4. The van der Waals surface area contributed by atoms with Crippen LogP contribution in [0.15, 0.2) is 30.6 Å². The van der Waals surface area contributed by atoms with Gasteiger partial charge in [0.25, 0.3) is 5.60 Å². The monoisotopic (exact) mass is 554 g/mol. The summed E-state index contributed by atoms with van der Waals surface area (Å²) in [5.74, 6) is -1.60. The average Bonchev–Trinajstić information content (AvgIpc) is 3.19. The molecule has 0 saturated carbocycles. The molecule has 7 nitrogen and oxygen atoms in total. The van der Waals surface area contributed by atoms with Gasteiger partial charge in [0.2, 0.25) is 11.0 Å². The van der Waals surface area contributed by atoms with Gasteiger partial charge in [-0.3, -0.25) is 4.79 Å². The van der Waals surface area contributed by atoms with E-state index >= 15 is 0 Å². The maximum Gasteiger partial charge on any atom is 0.416 e. The van der Waals surface area contributed by atoms with E-state index in [1.807, 2.05) is 0 Å². The third-order valence-electron chi connectivity index (χ3n) is 3.75. The van der Waals surface area contributed by atoms with Gasteiger partial charge in [0.05, 0.1) is 28.0 Å². The predicted octanol–water partition coefficient (Wildman–Crippen LogP) is 4.85. The summed E-state index contributed by atoms with van der Waals surface area (Å²) in [6.45, 7) is 0.956. The summed E-state index contributed by atoms with van der Waals surface area (Å²) in [5.41, 5.74) is -4.87. The molecule has 32 heavy (non-hydrogen) atoms. The van der Waals surface area contributed by atoms with Crippen LogP contribution in [0, 0.1) is 11.3 Å². The number of amides is 1. The van der Waals surface area contributed by atoms with E-state index in [0.29, 0.717) is 16.9 Å². The molecular formula is C16H10Cl4F4N4O3S. The van der Waals surface area contributed by atoms with Gasteiger partial charge in [0.15, 0.2) is 0 Å². The van der Waals surface area contributed by atoms with Crippen molar-refractivity contribution in [3.8, 4) is 6.07 Å². The minimum atomic E-state index is -4.86. The number of rotatable bonds is 7. The van der Waals surface area contributed by atoms with Crippen LogP contribution >= 0.6 is 46.4 Å². The lowest BCUT2D eigenvalue weighted by Gasteiger charge is -2.33. The van der Waals surface area contributed by atoms with Crippen molar-refractivity contribution in [2.24, 2.45) is 0 Å². The third-order valence-corrected chi connectivity index (χ3v) is 6.18. The predicted molar refractivity (Wildman–Crippen MR) is 110 cm³/mol. The second-order valence-corrected chi connectivity index (χ2v) is 9.64. The molecule has 0 aliphatic heterocycles. The van der Waals surface area contributed by atoms with E-state index in [2.05, 4.69) is 5.10 Å². The maximum absolute atomic E-state index is 14.1. The van der Waals surface area contributed by atoms with Crippen LogP contribution in [0.2, 0.25) is 10.0 Å². The van der Waals surface area contributed by atoms with Crippen LogP contribution < -0.4 is 4.41 Å². The standard InChI is InChI=1S/C16H10Cl4F4N4O3S/c1-2-31-14(8-25,12-10(17)6-9(7-11(12)18)15(21,22)23)13(29)28(27-5-3-4-26-27)32(30)16(19,20)24/h3-7H,2H2,1H3. The number of hydrogen-bond acceptors (Lipinski definition) is 5. The Kier molecular flexibility index (Phi) is 8.08. The van der Waals surface area contributed by atoms with Crippen molar-refractivity contribution in [1.82, 2.24) is 9.89 Å². The molecule has 1 aromatic carbocycles. The molecule has 16 heteroatoms. The molecule has 0 aliphatic carbocycles. The Morgan fingerprint density at radius 2 is 1.84 bits per heavy atom. The number of nitriles is 1. The molecule has 1 aromatic heterocycles. The minimum absolute atomic E-state index is 0.0448. The van der Waals surface area contributed by atoms with Crippen LogP contribution in [0.3, 0.4) is 0 Å². The van der Waals surface area contributed by atoms with Gasteiger partial charge < -0.3 is 4.74 Å². The molecule has 2 unspecified atom stereocenters. The number of alkyl halides is 6. The molecule has 1 heterocycles. The van der Waals surface area contributed by atoms with Crippen molar-refractivity contribution in [2.45, 2.75) is 22.6 Å². The summed E-state index contributed by atoms with van der Waals surface area (Å²) >= 11 is 22.4. The van der Waals surface area contributed by atoms with Gasteiger partial charge in [0, 0.05) is 12.2 Å². The van der Waals surface area contributed by atoms with Gasteiger partial charge in [-0.1, -0.05) is 23.2 Å². The molecule has 1 amide bonds. The normalized spacial score (nSPS) is 15.0. The van der Waals surface area contributed by atoms with Crippen LogP contribution in [0.25, 0.3) is 0 Å². The highest BCUT2D eigenvalue weighted by Crippen LogP contribution is 2.43. The highest BCUT2D eigenvalue weighted by molar-refractivity contribution is 7.90. The van der Waals surface area contributed by atoms with E-state index in [1.165, 1.54) is 19.1 Å². The van der Waals surface area contributed by atoms with Gasteiger partial charge >= 0.3 is 16.0 Å². The first kappa shape index (κ1) is 26.6. The Labute approximate surface area is 200 Å².